The number of rotatable bonds is 5. The first-order valence-electron chi connectivity index (χ1n) is 7.52. The molecule has 0 aliphatic heterocycles. The molecule has 2 N–H and O–H groups in total. The fourth-order valence-electron chi connectivity index (χ4n) is 2.27. The SMILES string of the molecule is O=C(/C=C/c1ccc(-n2ccnc2)cc1)Nc1cccc(CO)c1. The first-order chi connectivity index (χ1) is 11.7. The van der Waals surface area contributed by atoms with E-state index in [1.807, 2.05) is 35.0 Å². The maximum Gasteiger partial charge on any atom is 0.248 e. The van der Waals surface area contributed by atoms with Gasteiger partial charge in [0.25, 0.3) is 0 Å². The van der Waals surface area contributed by atoms with Crippen LogP contribution in [0.5, 0.6) is 0 Å². The van der Waals surface area contributed by atoms with Crippen molar-refractivity contribution < 1.29 is 9.90 Å². The third-order valence-electron chi connectivity index (χ3n) is 3.50. The minimum Gasteiger partial charge on any atom is -0.392 e. The fourth-order valence-corrected chi connectivity index (χ4v) is 2.27. The van der Waals surface area contributed by atoms with Gasteiger partial charge in [0.2, 0.25) is 5.91 Å². The summed E-state index contributed by atoms with van der Waals surface area (Å²) in [7, 11) is 0. The molecule has 1 heterocycles. The van der Waals surface area contributed by atoms with Crippen LogP contribution >= 0.6 is 0 Å². The van der Waals surface area contributed by atoms with E-state index in [2.05, 4.69) is 10.3 Å². The van der Waals surface area contributed by atoms with Gasteiger partial charge in [-0.05, 0) is 41.5 Å². The number of nitrogens with one attached hydrogen (secondary N) is 1. The number of aliphatic hydroxyl groups excluding tert-OH is 1. The largest absolute Gasteiger partial charge is 0.392 e. The predicted molar refractivity (Wildman–Crippen MR) is 93.6 cm³/mol. The zero-order valence-corrected chi connectivity index (χ0v) is 13.0. The first kappa shape index (κ1) is 15.7. The standard InChI is InChI=1S/C19H17N3O2/c23-13-16-2-1-3-17(12-16)21-19(24)9-6-15-4-7-18(8-5-15)22-11-10-20-14-22/h1-12,14,23H,13H2,(H,21,24)/b9-6+. The Balaban J connectivity index is 1.63. The van der Waals surface area contributed by atoms with Gasteiger partial charge in [0.15, 0.2) is 0 Å². The van der Waals surface area contributed by atoms with Crippen LogP contribution in [0.25, 0.3) is 11.8 Å². The number of amides is 1. The molecule has 3 aromatic rings. The Morgan fingerprint density at radius 2 is 2.04 bits per heavy atom. The molecule has 1 aromatic heterocycles. The van der Waals surface area contributed by atoms with Crippen LogP contribution in [0.4, 0.5) is 5.69 Å². The van der Waals surface area contributed by atoms with Crippen LogP contribution in [-0.2, 0) is 11.4 Å². The molecule has 0 aliphatic carbocycles. The summed E-state index contributed by atoms with van der Waals surface area (Å²) in [6.07, 6.45) is 8.57. The van der Waals surface area contributed by atoms with E-state index in [1.165, 1.54) is 6.08 Å². The topological polar surface area (TPSA) is 67.2 Å². The Morgan fingerprint density at radius 3 is 2.75 bits per heavy atom. The van der Waals surface area contributed by atoms with Crippen LogP contribution in [0.1, 0.15) is 11.1 Å². The minimum absolute atomic E-state index is 0.0528. The highest BCUT2D eigenvalue weighted by Crippen LogP contribution is 2.12. The van der Waals surface area contributed by atoms with Crippen molar-refractivity contribution in [3.63, 3.8) is 0 Å². The molecule has 0 bridgehead atoms. The molecule has 24 heavy (non-hydrogen) atoms. The second kappa shape index (κ2) is 7.39. The molecule has 0 saturated heterocycles. The van der Waals surface area contributed by atoms with Crippen LogP contribution in [0.2, 0.25) is 0 Å². The summed E-state index contributed by atoms with van der Waals surface area (Å²) in [4.78, 5) is 16.0. The molecule has 5 nitrogen and oxygen atoms in total. The highest BCUT2D eigenvalue weighted by molar-refractivity contribution is 6.01. The summed E-state index contributed by atoms with van der Waals surface area (Å²) in [6, 6.07) is 14.9. The third-order valence-corrected chi connectivity index (χ3v) is 3.50. The molecule has 0 aliphatic rings. The summed E-state index contributed by atoms with van der Waals surface area (Å²) < 4.78 is 1.91. The van der Waals surface area contributed by atoms with E-state index in [0.29, 0.717) is 5.69 Å². The molecule has 0 spiro atoms. The fraction of sp³-hybridized carbons (Fsp3) is 0.0526. The number of hydrogen-bond acceptors (Lipinski definition) is 3. The van der Waals surface area contributed by atoms with Crippen molar-refractivity contribution in [2.75, 3.05) is 5.32 Å². The molecule has 0 radical (unpaired) electrons. The smallest absolute Gasteiger partial charge is 0.248 e. The number of aromatic nitrogens is 2. The van der Waals surface area contributed by atoms with Crippen LogP contribution in [0, 0.1) is 0 Å². The lowest BCUT2D eigenvalue weighted by Crippen LogP contribution is -2.07. The quantitative estimate of drug-likeness (QED) is 0.710. The lowest BCUT2D eigenvalue weighted by molar-refractivity contribution is -0.111. The van der Waals surface area contributed by atoms with E-state index >= 15 is 0 Å². The Hall–Kier alpha value is -3.18. The summed E-state index contributed by atoms with van der Waals surface area (Å²) >= 11 is 0. The molecular weight excluding hydrogens is 302 g/mol. The normalized spacial score (nSPS) is 10.9. The number of carbonyl (C=O) groups excluding carboxylic acids is 1. The first-order valence-corrected chi connectivity index (χ1v) is 7.52. The number of aliphatic hydroxyl groups is 1. The highest BCUT2D eigenvalue weighted by atomic mass is 16.3. The average Bonchev–Trinajstić information content (AvgIpc) is 3.15. The second-order valence-electron chi connectivity index (χ2n) is 5.24. The molecule has 2 aromatic carbocycles. The Bertz CT molecular complexity index is 837. The predicted octanol–water partition coefficient (Wildman–Crippen LogP) is 3.02. The van der Waals surface area contributed by atoms with Gasteiger partial charge < -0.3 is 15.0 Å². The van der Waals surface area contributed by atoms with Crippen molar-refractivity contribution >= 4 is 17.7 Å². The molecule has 1 amide bonds. The van der Waals surface area contributed by atoms with E-state index in [9.17, 15) is 4.79 Å². The van der Waals surface area contributed by atoms with Gasteiger partial charge in [-0.2, -0.15) is 0 Å². The van der Waals surface area contributed by atoms with E-state index in [1.54, 1.807) is 42.9 Å². The van der Waals surface area contributed by atoms with Crippen molar-refractivity contribution in [1.29, 1.82) is 0 Å². The monoisotopic (exact) mass is 319 g/mol. The molecule has 0 saturated carbocycles. The summed E-state index contributed by atoms with van der Waals surface area (Å²) in [6.45, 7) is -0.0528. The van der Waals surface area contributed by atoms with Crippen molar-refractivity contribution in [3.05, 3.63) is 84.5 Å². The molecule has 5 heteroatoms. The van der Waals surface area contributed by atoms with Gasteiger partial charge in [-0.15, -0.1) is 0 Å². The molecule has 3 rings (SSSR count). The Morgan fingerprint density at radius 1 is 1.21 bits per heavy atom. The van der Waals surface area contributed by atoms with E-state index in [4.69, 9.17) is 5.11 Å². The maximum absolute atomic E-state index is 12.0. The summed E-state index contributed by atoms with van der Waals surface area (Å²) in [5.41, 5.74) is 3.35. The van der Waals surface area contributed by atoms with Crippen LogP contribution in [0.15, 0.2) is 73.3 Å². The van der Waals surface area contributed by atoms with Gasteiger partial charge in [0.05, 0.1) is 12.9 Å². The van der Waals surface area contributed by atoms with Gasteiger partial charge in [-0.25, -0.2) is 4.98 Å². The summed E-state index contributed by atoms with van der Waals surface area (Å²) in [5.74, 6) is -0.219. The van der Waals surface area contributed by atoms with Crippen molar-refractivity contribution in [3.8, 4) is 5.69 Å². The Kier molecular flexibility index (Phi) is 4.84. The number of imidazole rings is 1. The van der Waals surface area contributed by atoms with Gasteiger partial charge >= 0.3 is 0 Å². The molecule has 120 valence electrons. The number of carbonyl (C=O) groups is 1. The van der Waals surface area contributed by atoms with Gasteiger partial charge in [0.1, 0.15) is 0 Å². The Labute approximate surface area is 139 Å². The molecule has 0 unspecified atom stereocenters. The zero-order valence-electron chi connectivity index (χ0n) is 13.0. The maximum atomic E-state index is 12.0. The van der Waals surface area contributed by atoms with Crippen molar-refractivity contribution in [1.82, 2.24) is 9.55 Å². The lowest BCUT2D eigenvalue weighted by Gasteiger charge is -2.04. The number of anilines is 1. The minimum atomic E-state index is -0.219. The van der Waals surface area contributed by atoms with Gasteiger partial charge in [-0.1, -0.05) is 24.3 Å². The van der Waals surface area contributed by atoms with E-state index in [0.717, 1.165) is 16.8 Å². The molecule has 0 fully saturated rings. The van der Waals surface area contributed by atoms with Crippen molar-refractivity contribution in [2.45, 2.75) is 6.61 Å². The van der Waals surface area contributed by atoms with Gasteiger partial charge in [-0.3, -0.25) is 4.79 Å². The average molecular weight is 319 g/mol. The van der Waals surface area contributed by atoms with Crippen LogP contribution < -0.4 is 5.32 Å². The van der Waals surface area contributed by atoms with E-state index < -0.39 is 0 Å². The lowest BCUT2D eigenvalue weighted by atomic mass is 10.2. The zero-order chi connectivity index (χ0) is 16.8. The third kappa shape index (κ3) is 3.97. The van der Waals surface area contributed by atoms with Gasteiger partial charge in [0, 0.05) is 29.8 Å². The molecular formula is C19H17N3O2. The number of hydrogen-bond donors (Lipinski definition) is 2. The van der Waals surface area contributed by atoms with Crippen LogP contribution in [0.3, 0.4) is 0 Å². The highest BCUT2D eigenvalue weighted by Gasteiger charge is 2.00. The van der Waals surface area contributed by atoms with Crippen molar-refractivity contribution in [2.24, 2.45) is 0 Å². The van der Waals surface area contributed by atoms with Crippen LogP contribution in [-0.4, -0.2) is 20.6 Å². The van der Waals surface area contributed by atoms with E-state index in [-0.39, 0.29) is 12.5 Å². The molecule has 0 atom stereocenters. The summed E-state index contributed by atoms with van der Waals surface area (Å²) in [5, 5.41) is 11.9. The second-order valence-corrected chi connectivity index (χ2v) is 5.24. The number of benzene rings is 2. The number of nitrogens with zero attached hydrogens (tertiary/aromatic N) is 2.